The summed E-state index contributed by atoms with van der Waals surface area (Å²) in [6, 6.07) is 19.1. The van der Waals surface area contributed by atoms with Crippen LogP contribution in [0.3, 0.4) is 0 Å². The molecule has 1 amide bonds. The van der Waals surface area contributed by atoms with Gasteiger partial charge in [0, 0.05) is 16.8 Å². The zero-order chi connectivity index (χ0) is 24.3. The fourth-order valence-corrected chi connectivity index (χ4v) is 3.41. The van der Waals surface area contributed by atoms with E-state index < -0.39 is 0 Å². The van der Waals surface area contributed by atoms with E-state index in [4.69, 9.17) is 25.5 Å². The Hall–Kier alpha value is -3.77. The van der Waals surface area contributed by atoms with E-state index in [1.54, 1.807) is 42.5 Å². The monoisotopic (exact) mass is 477 g/mol. The van der Waals surface area contributed by atoms with E-state index in [2.05, 4.69) is 26.1 Å². The molecule has 7 heteroatoms. The van der Waals surface area contributed by atoms with Gasteiger partial charge < -0.3 is 19.2 Å². The number of amides is 1. The second kappa shape index (κ2) is 9.61. The highest BCUT2D eigenvalue weighted by atomic mass is 35.5. The molecule has 0 bridgehead atoms. The number of hydrogen-bond acceptors (Lipinski definition) is 5. The molecule has 1 N–H and O–H groups in total. The molecule has 4 rings (SSSR count). The van der Waals surface area contributed by atoms with Gasteiger partial charge >= 0.3 is 0 Å². The van der Waals surface area contributed by atoms with Gasteiger partial charge in [-0.3, -0.25) is 9.59 Å². The molecule has 0 radical (unpaired) electrons. The Labute approximate surface area is 202 Å². The first kappa shape index (κ1) is 23.4. The van der Waals surface area contributed by atoms with E-state index in [9.17, 15) is 9.59 Å². The van der Waals surface area contributed by atoms with Gasteiger partial charge in [-0.1, -0.05) is 44.5 Å². The van der Waals surface area contributed by atoms with E-state index in [0.717, 1.165) is 0 Å². The van der Waals surface area contributed by atoms with Crippen LogP contribution in [0.25, 0.3) is 11.0 Å². The van der Waals surface area contributed by atoms with Crippen molar-refractivity contribution in [3.05, 3.63) is 93.8 Å². The van der Waals surface area contributed by atoms with E-state index in [0.29, 0.717) is 33.2 Å². The van der Waals surface area contributed by atoms with Crippen LogP contribution in [0.5, 0.6) is 17.2 Å². The highest BCUT2D eigenvalue weighted by Gasteiger charge is 2.15. The SMILES string of the molecule is CC(C)(C)c1ccc(Oc2coc3cc(OCC(=O)Nc4ccc(Cl)cc4)ccc3c2=O)cc1. The summed E-state index contributed by atoms with van der Waals surface area (Å²) in [5, 5.41) is 3.65. The zero-order valence-electron chi connectivity index (χ0n) is 19.1. The van der Waals surface area contributed by atoms with Gasteiger partial charge in [0.05, 0.1) is 5.39 Å². The van der Waals surface area contributed by atoms with Crippen LogP contribution < -0.4 is 20.2 Å². The first-order valence-corrected chi connectivity index (χ1v) is 11.1. The van der Waals surface area contributed by atoms with Crippen molar-refractivity contribution in [2.24, 2.45) is 0 Å². The molecule has 6 nitrogen and oxygen atoms in total. The molecule has 1 heterocycles. The van der Waals surface area contributed by atoms with Crippen LogP contribution in [0.2, 0.25) is 5.02 Å². The van der Waals surface area contributed by atoms with Gasteiger partial charge in [0.2, 0.25) is 11.2 Å². The van der Waals surface area contributed by atoms with Crippen molar-refractivity contribution < 1.29 is 18.7 Å². The van der Waals surface area contributed by atoms with Crippen molar-refractivity contribution in [2.45, 2.75) is 26.2 Å². The summed E-state index contributed by atoms with van der Waals surface area (Å²) >= 11 is 5.84. The molecular weight excluding hydrogens is 454 g/mol. The van der Waals surface area contributed by atoms with Crippen LogP contribution >= 0.6 is 11.6 Å². The summed E-state index contributed by atoms with van der Waals surface area (Å²) in [6.07, 6.45) is 1.28. The molecule has 1 aromatic heterocycles. The van der Waals surface area contributed by atoms with E-state index >= 15 is 0 Å². The summed E-state index contributed by atoms with van der Waals surface area (Å²) in [5.74, 6) is 0.705. The zero-order valence-corrected chi connectivity index (χ0v) is 19.8. The summed E-state index contributed by atoms with van der Waals surface area (Å²) in [5.41, 5.74) is 1.84. The third-order valence-electron chi connectivity index (χ3n) is 5.16. The molecule has 4 aromatic rings. The predicted octanol–water partition coefficient (Wildman–Crippen LogP) is 6.55. The molecule has 0 fully saturated rings. The number of hydrogen-bond donors (Lipinski definition) is 1. The van der Waals surface area contributed by atoms with Crippen LogP contribution in [-0.4, -0.2) is 12.5 Å². The number of nitrogens with one attached hydrogen (secondary N) is 1. The van der Waals surface area contributed by atoms with Crippen LogP contribution in [-0.2, 0) is 10.2 Å². The molecule has 0 aliphatic carbocycles. The number of carbonyl (C=O) groups excluding carboxylic acids is 1. The molecule has 0 saturated heterocycles. The first-order valence-electron chi connectivity index (χ1n) is 10.7. The van der Waals surface area contributed by atoms with Crippen molar-refractivity contribution in [3.63, 3.8) is 0 Å². The first-order chi connectivity index (χ1) is 16.2. The molecule has 0 aliphatic rings. The molecule has 34 heavy (non-hydrogen) atoms. The minimum Gasteiger partial charge on any atom is -0.484 e. The minimum absolute atomic E-state index is 0.0246. The summed E-state index contributed by atoms with van der Waals surface area (Å²) in [6.45, 7) is 6.19. The van der Waals surface area contributed by atoms with Gasteiger partial charge in [-0.2, -0.15) is 0 Å². The van der Waals surface area contributed by atoms with Crippen LogP contribution in [0.4, 0.5) is 5.69 Å². The molecular formula is C27H24ClNO5. The average molecular weight is 478 g/mol. The van der Waals surface area contributed by atoms with E-state index in [-0.39, 0.29) is 29.1 Å². The lowest BCUT2D eigenvalue weighted by atomic mass is 9.87. The van der Waals surface area contributed by atoms with E-state index in [1.165, 1.54) is 11.8 Å². The summed E-state index contributed by atoms with van der Waals surface area (Å²) < 4.78 is 16.9. The van der Waals surface area contributed by atoms with Crippen LogP contribution in [0, 0.1) is 0 Å². The van der Waals surface area contributed by atoms with Crippen molar-refractivity contribution in [1.29, 1.82) is 0 Å². The Morgan fingerprint density at radius 1 is 0.971 bits per heavy atom. The highest BCUT2D eigenvalue weighted by Crippen LogP contribution is 2.27. The fourth-order valence-electron chi connectivity index (χ4n) is 3.28. The molecule has 3 aromatic carbocycles. The minimum atomic E-state index is -0.329. The number of anilines is 1. The predicted molar refractivity (Wildman–Crippen MR) is 133 cm³/mol. The highest BCUT2D eigenvalue weighted by molar-refractivity contribution is 6.30. The normalized spacial score (nSPS) is 11.3. The van der Waals surface area contributed by atoms with Crippen molar-refractivity contribution >= 4 is 34.2 Å². The topological polar surface area (TPSA) is 77.8 Å². The standard InChI is InChI=1S/C27H24ClNO5/c1-27(2,3)17-4-10-20(11-5-17)34-24-15-33-23-14-21(12-13-22(23)26(24)31)32-16-25(30)29-19-8-6-18(28)7-9-19/h4-15H,16H2,1-3H3,(H,29,30). The number of fused-ring (bicyclic) bond motifs is 1. The molecule has 0 spiro atoms. The number of carbonyl (C=O) groups is 1. The lowest BCUT2D eigenvalue weighted by Gasteiger charge is -2.19. The maximum atomic E-state index is 12.9. The van der Waals surface area contributed by atoms with Crippen LogP contribution in [0.15, 0.2) is 82.2 Å². The lowest BCUT2D eigenvalue weighted by molar-refractivity contribution is -0.118. The maximum Gasteiger partial charge on any atom is 0.262 e. The Balaban J connectivity index is 1.43. The number of ether oxygens (including phenoxy) is 2. The number of halogens is 1. The van der Waals surface area contributed by atoms with Gasteiger partial charge in [-0.15, -0.1) is 0 Å². The molecule has 0 atom stereocenters. The molecule has 0 saturated carbocycles. The molecule has 0 aliphatic heterocycles. The van der Waals surface area contributed by atoms with Gasteiger partial charge in [0.1, 0.15) is 23.3 Å². The van der Waals surface area contributed by atoms with Gasteiger partial charge in [0.15, 0.2) is 6.61 Å². The second-order valence-corrected chi connectivity index (χ2v) is 9.24. The third kappa shape index (κ3) is 5.58. The fraction of sp³-hybridized carbons (Fsp3) is 0.185. The Kier molecular flexibility index (Phi) is 6.61. The Bertz CT molecular complexity index is 1370. The van der Waals surface area contributed by atoms with Crippen LogP contribution in [0.1, 0.15) is 26.3 Å². The number of rotatable bonds is 6. The second-order valence-electron chi connectivity index (χ2n) is 8.81. The van der Waals surface area contributed by atoms with E-state index in [1.807, 2.05) is 24.3 Å². The number of benzene rings is 3. The summed E-state index contributed by atoms with van der Waals surface area (Å²) in [4.78, 5) is 25.0. The quantitative estimate of drug-likeness (QED) is 0.340. The summed E-state index contributed by atoms with van der Waals surface area (Å²) in [7, 11) is 0. The Morgan fingerprint density at radius 3 is 2.32 bits per heavy atom. The van der Waals surface area contributed by atoms with Gasteiger partial charge in [-0.05, 0) is 59.5 Å². The molecule has 0 unspecified atom stereocenters. The van der Waals surface area contributed by atoms with Crippen molar-refractivity contribution in [1.82, 2.24) is 0 Å². The van der Waals surface area contributed by atoms with Crippen molar-refractivity contribution in [2.75, 3.05) is 11.9 Å². The third-order valence-corrected chi connectivity index (χ3v) is 5.41. The Morgan fingerprint density at radius 2 is 1.65 bits per heavy atom. The average Bonchev–Trinajstić information content (AvgIpc) is 2.81. The van der Waals surface area contributed by atoms with Crippen molar-refractivity contribution in [3.8, 4) is 17.2 Å². The smallest absolute Gasteiger partial charge is 0.262 e. The largest absolute Gasteiger partial charge is 0.484 e. The molecule has 174 valence electrons. The maximum absolute atomic E-state index is 12.9. The lowest BCUT2D eigenvalue weighted by Crippen LogP contribution is -2.20. The van der Waals surface area contributed by atoms with Gasteiger partial charge in [0.25, 0.3) is 5.91 Å². The van der Waals surface area contributed by atoms with Gasteiger partial charge in [-0.25, -0.2) is 0 Å².